The first-order valence-electron chi connectivity index (χ1n) is 6.87. The van der Waals surface area contributed by atoms with Crippen LogP contribution in [0.2, 0.25) is 0 Å². The minimum absolute atomic E-state index is 0.130. The molecule has 6 heteroatoms. The minimum atomic E-state index is -0.275. The molecule has 1 aliphatic heterocycles. The van der Waals surface area contributed by atoms with Crippen LogP contribution in [0.3, 0.4) is 0 Å². The number of aromatic nitrogens is 2. The first-order chi connectivity index (χ1) is 10.0. The molecule has 21 heavy (non-hydrogen) atoms. The highest BCUT2D eigenvalue weighted by Gasteiger charge is 2.22. The van der Waals surface area contributed by atoms with Gasteiger partial charge in [-0.1, -0.05) is 6.07 Å². The molecule has 0 atom stereocenters. The number of amides is 1. The Kier molecular flexibility index (Phi) is 3.37. The summed E-state index contributed by atoms with van der Waals surface area (Å²) < 4.78 is 15.0. The summed E-state index contributed by atoms with van der Waals surface area (Å²) in [5.41, 5.74) is 2.74. The van der Waals surface area contributed by atoms with Gasteiger partial charge < -0.3 is 10.2 Å². The standard InChI is InChI=1S/C15H17FN4O/c1-10-7-14(19(2)18-10)17-15(21)9-20-6-5-11-3-4-12(16)8-13(11)20/h3-4,7-8H,5-6,9H2,1-2H3,(H,17,21). The zero-order valence-corrected chi connectivity index (χ0v) is 12.1. The molecule has 1 amide bonds. The lowest BCUT2D eigenvalue weighted by atomic mass is 10.2. The Morgan fingerprint density at radius 2 is 2.24 bits per heavy atom. The third-order valence-corrected chi connectivity index (χ3v) is 3.64. The van der Waals surface area contributed by atoms with Gasteiger partial charge in [0.1, 0.15) is 11.6 Å². The lowest BCUT2D eigenvalue weighted by Crippen LogP contribution is -2.32. The number of nitrogens with zero attached hydrogens (tertiary/aromatic N) is 3. The van der Waals surface area contributed by atoms with Gasteiger partial charge in [0, 0.05) is 25.3 Å². The van der Waals surface area contributed by atoms with Crippen LogP contribution in [0.25, 0.3) is 0 Å². The van der Waals surface area contributed by atoms with Crippen LogP contribution in [0.15, 0.2) is 24.3 Å². The van der Waals surface area contributed by atoms with Crippen LogP contribution < -0.4 is 10.2 Å². The first kappa shape index (κ1) is 13.6. The van der Waals surface area contributed by atoms with E-state index < -0.39 is 0 Å². The van der Waals surface area contributed by atoms with E-state index in [1.807, 2.05) is 17.9 Å². The molecule has 0 saturated heterocycles. The van der Waals surface area contributed by atoms with Crippen molar-refractivity contribution in [2.24, 2.45) is 7.05 Å². The number of aryl methyl sites for hydroxylation is 2. The molecule has 3 rings (SSSR count). The number of rotatable bonds is 3. The third-order valence-electron chi connectivity index (χ3n) is 3.64. The Morgan fingerprint density at radius 1 is 1.43 bits per heavy atom. The first-order valence-corrected chi connectivity index (χ1v) is 6.87. The van der Waals surface area contributed by atoms with Gasteiger partial charge in [0.25, 0.3) is 0 Å². The van der Waals surface area contributed by atoms with Crippen LogP contribution in [0.1, 0.15) is 11.3 Å². The largest absolute Gasteiger partial charge is 0.362 e. The van der Waals surface area contributed by atoms with Gasteiger partial charge in [0.05, 0.1) is 12.2 Å². The molecule has 1 aromatic carbocycles. The summed E-state index contributed by atoms with van der Waals surface area (Å²) in [6, 6.07) is 6.55. The molecule has 110 valence electrons. The fourth-order valence-electron chi connectivity index (χ4n) is 2.67. The average Bonchev–Trinajstić information content (AvgIpc) is 2.94. The van der Waals surface area contributed by atoms with Crippen molar-refractivity contribution in [3.8, 4) is 0 Å². The monoisotopic (exact) mass is 288 g/mol. The molecule has 0 radical (unpaired) electrons. The quantitative estimate of drug-likeness (QED) is 0.938. The number of carbonyl (C=O) groups excluding carboxylic acids is 1. The summed E-state index contributed by atoms with van der Waals surface area (Å²) in [6.45, 7) is 2.81. The number of carbonyl (C=O) groups is 1. The second-order valence-corrected chi connectivity index (χ2v) is 5.29. The molecular formula is C15H17FN4O. The number of nitrogens with one attached hydrogen (secondary N) is 1. The molecule has 1 aromatic heterocycles. The van der Waals surface area contributed by atoms with Crippen LogP contribution in [-0.2, 0) is 18.3 Å². The van der Waals surface area contributed by atoms with Crippen molar-refractivity contribution in [3.63, 3.8) is 0 Å². The number of fused-ring (bicyclic) bond motifs is 1. The third kappa shape index (κ3) is 2.74. The molecular weight excluding hydrogens is 271 g/mol. The van der Waals surface area contributed by atoms with Gasteiger partial charge in [-0.3, -0.25) is 9.48 Å². The van der Waals surface area contributed by atoms with Crippen molar-refractivity contribution in [2.45, 2.75) is 13.3 Å². The van der Waals surface area contributed by atoms with Crippen molar-refractivity contribution < 1.29 is 9.18 Å². The molecule has 0 bridgehead atoms. The minimum Gasteiger partial charge on any atom is -0.362 e. The predicted octanol–water partition coefficient (Wildman–Crippen LogP) is 1.87. The molecule has 0 aliphatic carbocycles. The van der Waals surface area contributed by atoms with Crippen LogP contribution in [0.4, 0.5) is 15.9 Å². The fraction of sp³-hybridized carbons (Fsp3) is 0.333. The molecule has 2 heterocycles. The van der Waals surface area contributed by atoms with Gasteiger partial charge in [0.15, 0.2) is 0 Å². The van der Waals surface area contributed by atoms with E-state index in [4.69, 9.17) is 0 Å². The number of hydrogen-bond acceptors (Lipinski definition) is 3. The van der Waals surface area contributed by atoms with E-state index in [9.17, 15) is 9.18 Å². The maximum absolute atomic E-state index is 13.3. The summed E-state index contributed by atoms with van der Waals surface area (Å²) in [5.74, 6) is 0.259. The summed E-state index contributed by atoms with van der Waals surface area (Å²) in [7, 11) is 1.78. The van der Waals surface area contributed by atoms with Gasteiger partial charge >= 0.3 is 0 Å². The maximum atomic E-state index is 13.3. The second kappa shape index (κ2) is 5.20. The van der Waals surface area contributed by atoms with E-state index in [0.29, 0.717) is 5.82 Å². The smallest absolute Gasteiger partial charge is 0.245 e. The number of halogens is 1. The van der Waals surface area contributed by atoms with Crippen LogP contribution in [0.5, 0.6) is 0 Å². The molecule has 0 fully saturated rings. The SMILES string of the molecule is Cc1cc(NC(=O)CN2CCc3ccc(F)cc32)n(C)n1. The number of anilines is 2. The van der Waals surface area contributed by atoms with E-state index in [0.717, 1.165) is 29.9 Å². The summed E-state index contributed by atoms with van der Waals surface area (Å²) in [6.07, 6.45) is 0.841. The topological polar surface area (TPSA) is 50.2 Å². The Morgan fingerprint density at radius 3 is 2.95 bits per heavy atom. The molecule has 5 nitrogen and oxygen atoms in total. The van der Waals surface area contributed by atoms with Crippen LogP contribution >= 0.6 is 0 Å². The lowest BCUT2D eigenvalue weighted by Gasteiger charge is -2.18. The van der Waals surface area contributed by atoms with Crippen LogP contribution in [-0.4, -0.2) is 28.8 Å². The van der Waals surface area contributed by atoms with E-state index in [1.54, 1.807) is 17.8 Å². The molecule has 0 saturated carbocycles. The normalized spacial score (nSPS) is 13.4. The molecule has 1 aliphatic rings. The van der Waals surface area contributed by atoms with E-state index in [-0.39, 0.29) is 18.3 Å². The zero-order valence-electron chi connectivity index (χ0n) is 12.1. The highest BCUT2D eigenvalue weighted by molar-refractivity contribution is 5.93. The second-order valence-electron chi connectivity index (χ2n) is 5.29. The number of hydrogen-bond donors (Lipinski definition) is 1. The molecule has 2 aromatic rings. The average molecular weight is 288 g/mol. The zero-order chi connectivity index (χ0) is 15.0. The van der Waals surface area contributed by atoms with E-state index in [2.05, 4.69) is 10.4 Å². The Bertz CT molecular complexity index is 695. The highest BCUT2D eigenvalue weighted by Crippen LogP contribution is 2.28. The van der Waals surface area contributed by atoms with Crippen molar-refractivity contribution >= 4 is 17.4 Å². The van der Waals surface area contributed by atoms with Crippen molar-refractivity contribution in [1.82, 2.24) is 9.78 Å². The lowest BCUT2D eigenvalue weighted by molar-refractivity contribution is -0.115. The summed E-state index contributed by atoms with van der Waals surface area (Å²) in [4.78, 5) is 14.0. The summed E-state index contributed by atoms with van der Waals surface area (Å²) >= 11 is 0. The molecule has 0 unspecified atom stereocenters. The molecule has 1 N–H and O–H groups in total. The predicted molar refractivity (Wildman–Crippen MR) is 78.9 cm³/mol. The van der Waals surface area contributed by atoms with Crippen molar-refractivity contribution in [2.75, 3.05) is 23.3 Å². The van der Waals surface area contributed by atoms with Crippen LogP contribution in [0, 0.1) is 12.7 Å². The van der Waals surface area contributed by atoms with E-state index in [1.165, 1.54) is 12.1 Å². The Balaban J connectivity index is 1.70. The summed E-state index contributed by atoms with van der Waals surface area (Å²) in [5, 5.41) is 7.01. The van der Waals surface area contributed by atoms with Gasteiger partial charge in [-0.15, -0.1) is 0 Å². The number of benzene rings is 1. The molecule has 0 spiro atoms. The van der Waals surface area contributed by atoms with Gasteiger partial charge in [0.2, 0.25) is 5.91 Å². The van der Waals surface area contributed by atoms with Gasteiger partial charge in [-0.2, -0.15) is 5.10 Å². The van der Waals surface area contributed by atoms with E-state index >= 15 is 0 Å². The van der Waals surface area contributed by atoms with Crippen molar-refractivity contribution in [1.29, 1.82) is 0 Å². The fourth-order valence-corrected chi connectivity index (χ4v) is 2.67. The maximum Gasteiger partial charge on any atom is 0.245 e. The highest BCUT2D eigenvalue weighted by atomic mass is 19.1. The van der Waals surface area contributed by atoms with Crippen molar-refractivity contribution in [3.05, 3.63) is 41.3 Å². The Hall–Kier alpha value is -2.37. The van der Waals surface area contributed by atoms with Gasteiger partial charge in [-0.25, -0.2) is 4.39 Å². The Labute approximate surface area is 122 Å². The van der Waals surface area contributed by atoms with Gasteiger partial charge in [-0.05, 0) is 31.0 Å².